The van der Waals surface area contributed by atoms with E-state index in [2.05, 4.69) is 49.4 Å². The summed E-state index contributed by atoms with van der Waals surface area (Å²) in [5.41, 5.74) is 2.69. The van der Waals surface area contributed by atoms with Gasteiger partial charge in [-0.1, -0.05) is 36.8 Å². The van der Waals surface area contributed by atoms with Crippen LogP contribution in [0.15, 0.2) is 24.3 Å². The normalized spacial score (nSPS) is 12.1. The molecule has 0 saturated heterocycles. The number of hydrogen-bond acceptors (Lipinski definition) is 1. The second-order valence-corrected chi connectivity index (χ2v) is 4.51. The smallest absolute Gasteiger partial charge is 0.0320 e. The molecule has 0 aliphatic heterocycles. The van der Waals surface area contributed by atoms with E-state index in [0.717, 1.165) is 32.2 Å². The van der Waals surface area contributed by atoms with Crippen LogP contribution in [0.2, 0.25) is 0 Å². The zero-order valence-electron chi connectivity index (χ0n) is 11.0. The van der Waals surface area contributed by atoms with Crippen LogP contribution in [0.3, 0.4) is 0 Å². The molecule has 0 spiro atoms. The van der Waals surface area contributed by atoms with Crippen LogP contribution in [0.25, 0.3) is 0 Å². The molecule has 1 aromatic carbocycles. The van der Waals surface area contributed by atoms with Gasteiger partial charge in [0.15, 0.2) is 0 Å². The fourth-order valence-electron chi connectivity index (χ4n) is 1.91. The summed E-state index contributed by atoms with van der Waals surface area (Å²) < 4.78 is 0. The lowest BCUT2D eigenvalue weighted by atomic mass is 10.00. The van der Waals surface area contributed by atoms with Crippen LogP contribution in [0, 0.1) is 19.3 Å². The van der Waals surface area contributed by atoms with Crippen molar-refractivity contribution >= 4 is 0 Å². The summed E-state index contributed by atoms with van der Waals surface area (Å²) in [7, 11) is 0. The van der Waals surface area contributed by atoms with Crippen molar-refractivity contribution in [2.75, 3.05) is 6.54 Å². The maximum Gasteiger partial charge on any atom is 0.0320 e. The molecule has 0 fully saturated rings. The number of hydrogen-bond donors (Lipinski definition) is 1. The topological polar surface area (TPSA) is 12.0 Å². The molecule has 1 aromatic rings. The molecule has 0 saturated carbocycles. The van der Waals surface area contributed by atoms with Crippen LogP contribution in [0.4, 0.5) is 0 Å². The van der Waals surface area contributed by atoms with E-state index in [1.807, 2.05) is 0 Å². The Kier molecular flexibility index (Phi) is 6.43. The molecule has 0 bridgehead atoms. The lowest BCUT2D eigenvalue weighted by Crippen LogP contribution is -2.22. The average Bonchev–Trinajstić information content (AvgIpc) is 2.35. The standard InChI is InChI=1S/C16H23N/c1-4-6-7-8-16(17-13-5-2)15-11-9-14(3)10-12-15/h1,9-12,16-17H,5-8,13H2,2-3H3. The first kappa shape index (κ1) is 13.8. The van der Waals surface area contributed by atoms with Crippen molar-refractivity contribution in [3.05, 3.63) is 35.4 Å². The Labute approximate surface area is 106 Å². The molecule has 1 N–H and O–H groups in total. The molecule has 1 nitrogen and oxygen atoms in total. The fourth-order valence-corrected chi connectivity index (χ4v) is 1.91. The molecule has 1 rings (SSSR count). The van der Waals surface area contributed by atoms with Gasteiger partial charge < -0.3 is 5.32 Å². The molecular weight excluding hydrogens is 206 g/mol. The Morgan fingerprint density at radius 1 is 1.29 bits per heavy atom. The van der Waals surface area contributed by atoms with E-state index in [0.29, 0.717) is 6.04 Å². The van der Waals surface area contributed by atoms with Gasteiger partial charge in [0.05, 0.1) is 0 Å². The number of aryl methyl sites for hydroxylation is 1. The third-order valence-electron chi connectivity index (χ3n) is 2.93. The van der Waals surface area contributed by atoms with Crippen LogP contribution < -0.4 is 5.32 Å². The second kappa shape index (κ2) is 7.92. The average molecular weight is 229 g/mol. The first-order valence-corrected chi connectivity index (χ1v) is 6.51. The summed E-state index contributed by atoms with van der Waals surface area (Å²) in [4.78, 5) is 0. The van der Waals surface area contributed by atoms with Crippen LogP contribution >= 0.6 is 0 Å². The predicted molar refractivity (Wildman–Crippen MR) is 74.9 cm³/mol. The lowest BCUT2D eigenvalue weighted by molar-refractivity contribution is 0.487. The quantitative estimate of drug-likeness (QED) is 0.553. The van der Waals surface area contributed by atoms with E-state index in [-0.39, 0.29) is 0 Å². The Balaban J connectivity index is 2.61. The Bertz CT molecular complexity index is 345. The third kappa shape index (κ3) is 5.06. The SMILES string of the molecule is C#CCCCC(NCCC)c1ccc(C)cc1. The fraction of sp³-hybridized carbons (Fsp3) is 0.500. The first-order valence-electron chi connectivity index (χ1n) is 6.51. The number of unbranched alkanes of at least 4 members (excludes halogenated alkanes) is 1. The van der Waals surface area contributed by atoms with Crippen LogP contribution in [0.1, 0.15) is 49.8 Å². The van der Waals surface area contributed by atoms with Crippen LogP contribution in [-0.2, 0) is 0 Å². The summed E-state index contributed by atoms with van der Waals surface area (Å²) in [5.74, 6) is 2.71. The highest BCUT2D eigenvalue weighted by Gasteiger charge is 2.09. The van der Waals surface area contributed by atoms with E-state index in [9.17, 15) is 0 Å². The van der Waals surface area contributed by atoms with Gasteiger partial charge >= 0.3 is 0 Å². The molecule has 0 aliphatic carbocycles. The first-order chi connectivity index (χ1) is 8.27. The molecule has 1 heteroatoms. The zero-order valence-corrected chi connectivity index (χ0v) is 11.0. The molecular formula is C16H23N. The summed E-state index contributed by atoms with van der Waals surface area (Å²) in [5, 5.41) is 3.60. The largest absolute Gasteiger partial charge is 0.310 e. The highest BCUT2D eigenvalue weighted by Crippen LogP contribution is 2.19. The molecule has 0 aromatic heterocycles. The van der Waals surface area contributed by atoms with Crippen molar-refractivity contribution in [1.29, 1.82) is 0 Å². The van der Waals surface area contributed by atoms with Crippen molar-refractivity contribution in [3.63, 3.8) is 0 Å². The summed E-state index contributed by atoms with van der Waals surface area (Å²) in [6.07, 6.45) is 9.55. The third-order valence-corrected chi connectivity index (χ3v) is 2.93. The van der Waals surface area contributed by atoms with E-state index in [4.69, 9.17) is 6.42 Å². The van der Waals surface area contributed by atoms with Gasteiger partial charge in [-0.25, -0.2) is 0 Å². The monoisotopic (exact) mass is 229 g/mol. The highest BCUT2D eigenvalue weighted by atomic mass is 14.9. The van der Waals surface area contributed by atoms with Crippen LogP contribution in [-0.4, -0.2) is 6.54 Å². The Morgan fingerprint density at radius 2 is 2.00 bits per heavy atom. The maximum atomic E-state index is 5.30. The summed E-state index contributed by atoms with van der Waals surface area (Å²) in [6, 6.07) is 9.25. The van der Waals surface area contributed by atoms with Gasteiger partial charge in [0.1, 0.15) is 0 Å². The summed E-state index contributed by atoms with van der Waals surface area (Å²) >= 11 is 0. The molecule has 17 heavy (non-hydrogen) atoms. The minimum absolute atomic E-state index is 0.448. The van der Waals surface area contributed by atoms with Crippen molar-refractivity contribution in [2.45, 2.75) is 45.6 Å². The maximum absolute atomic E-state index is 5.30. The van der Waals surface area contributed by atoms with Crippen LogP contribution in [0.5, 0.6) is 0 Å². The van der Waals surface area contributed by atoms with E-state index < -0.39 is 0 Å². The minimum Gasteiger partial charge on any atom is -0.310 e. The molecule has 0 aliphatic rings. The Hall–Kier alpha value is -1.26. The van der Waals surface area contributed by atoms with Gasteiger partial charge in [0.25, 0.3) is 0 Å². The van der Waals surface area contributed by atoms with Crippen molar-refractivity contribution in [1.82, 2.24) is 5.32 Å². The predicted octanol–water partition coefficient (Wildman–Crippen LogP) is 3.84. The number of benzene rings is 1. The van der Waals surface area contributed by atoms with Crippen molar-refractivity contribution < 1.29 is 0 Å². The van der Waals surface area contributed by atoms with Crippen molar-refractivity contribution in [3.8, 4) is 12.3 Å². The molecule has 0 amide bonds. The molecule has 0 heterocycles. The summed E-state index contributed by atoms with van der Waals surface area (Å²) in [6.45, 7) is 5.38. The van der Waals surface area contributed by atoms with Gasteiger partial charge in [-0.2, -0.15) is 0 Å². The van der Waals surface area contributed by atoms with Gasteiger partial charge in [-0.3, -0.25) is 0 Å². The van der Waals surface area contributed by atoms with E-state index in [1.54, 1.807) is 0 Å². The lowest BCUT2D eigenvalue weighted by Gasteiger charge is -2.18. The second-order valence-electron chi connectivity index (χ2n) is 4.51. The molecule has 92 valence electrons. The van der Waals surface area contributed by atoms with Gasteiger partial charge in [-0.15, -0.1) is 12.3 Å². The molecule has 1 unspecified atom stereocenters. The molecule has 1 atom stereocenters. The highest BCUT2D eigenvalue weighted by molar-refractivity contribution is 5.24. The van der Waals surface area contributed by atoms with E-state index in [1.165, 1.54) is 11.1 Å². The number of terminal acetylenes is 1. The van der Waals surface area contributed by atoms with E-state index >= 15 is 0 Å². The van der Waals surface area contributed by atoms with Gasteiger partial charge in [-0.05, 0) is 38.3 Å². The number of nitrogens with one attached hydrogen (secondary N) is 1. The molecule has 0 radical (unpaired) electrons. The minimum atomic E-state index is 0.448. The van der Waals surface area contributed by atoms with Gasteiger partial charge in [0, 0.05) is 12.5 Å². The Morgan fingerprint density at radius 3 is 2.59 bits per heavy atom. The number of rotatable bonds is 7. The van der Waals surface area contributed by atoms with Gasteiger partial charge in [0.2, 0.25) is 0 Å². The van der Waals surface area contributed by atoms with Crippen molar-refractivity contribution in [2.24, 2.45) is 0 Å². The zero-order chi connectivity index (χ0) is 12.5.